The van der Waals surface area contributed by atoms with E-state index in [2.05, 4.69) is 10.2 Å². The number of aromatic amines is 1. The summed E-state index contributed by atoms with van der Waals surface area (Å²) >= 11 is 0. The lowest BCUT2D eigenvalue weighted by molar-refractivity contribution is -0.384. The van der Waals surface area contributed by atoms with Crippen LogP contribution in [0.15, 0.2) is 36.5 Å². The number of nitro benzene ring substituents is 1. The zero-order valence-electron chi connectivity index (χ0n) is 14.8. The Hall–Kier alpha value is -2.74. The molecule has 0 aliphatic carbocycles. The van der Waals surface area contributed by atoms with E-state index in [0.29, 0.717) is 0 Å². The lowest BCUT2D eigenvalue weighted by Crippen LogP contribution is -1.96. The Bertz CT molecular complexity index is 553. The molecule has 2 aromatic rings. The molecule has 0 unspecified atom stereocenters. The van der Waals surface area contributed by atoms with Crippen LogP contribution in [0.3, 0.4) is 0 Å². The van der Waals surface area contributed by atoms with Crippen molar-refractivity contribution in [3.63, 3.8) is 0 Å². The van der Waals surface area contributed by atoms with Crippen molar-refractivity contribution in [1.29, 1.82) is 0 Å². The number of benzene rings is 1. The first-order chi connectivity index (χ1) is 12.0. The van der Waals surface area contributed by atoms with E-state index in [4.69, 9.17) is 9.84 Å². The van der Waals surface area contributed by atoms with E-state index < -0.39 is 10.9 Å². The summed E-state index contributed by atoms with van der Waals surface area (Å²) in [6.07, 6.45) is 4.29. The van der Waals surface area contributed by atoms with Gasteiger partial charge in [-0.05, 0) is 38.0 Å². The summed E-state index contributed by atoms with van der Waals surface area (Å²) in [5.41, 5.74) is 1.04. The number of hydrogen-bond acceptors (Lipinski definition) is 5. The molecule has 8 heteroatoms. The van der Waals surface area contributed by atoms with E-state index >= 15 is 0 Å². The van der Waals surface area contributed by atoms with Crippen LogP contribution < -0.4 is 0 Å². The highest BCUT2D eigenvalue weighted by molar-refractivity contribution is 5.87. The van der Waals surface area contributed by atoms with Gasteiger partial charge in [-0.25, -0.2) is 4.79 Å². The minimum Gasteiger partial charge on any atom is -0.478 e. The van der Waals surface area contributed by atoms with Crippen molar-refractivity contribution in [2.24, 2.45) is 0 Å². The van der Waals surface area contributed by atoms with Crippen LogP contribution in [0.1, 0.15) is 42.7 Å². The number of carbonyl (C=O) groups is 1. The number of H-pyrrole nitrogens is 1. The number of rotatable bonds is 2. The minimum absolute atomic E-state index is 0.0422. The Morgan fingerprint density at radius 1 is 1.20 bits per heavy atom. The highest BCUT2D eigenvalue weighted by Gasteiger charge is 2.06. The third-order valence-electron chi connectivity index (χ3n) is 2.79. The number of ether oxygens (including phenoxy) is 1. The van der Waals surface area contributed by atoms with E-state index in [0.717, 1.165) is 31.0 Å². The smallest absolute Gasteiger partial charge is 0.335 e. The molecule has 1 aliphatic rings. The molecular weight excluding hydrogens is 326 g/mol. The molecule has 0 bridgehead atoms. The highest BCUT2D eigenvalue weighted by atomic mass is 16.6. The fraction of sp³-hybridized carbons (Fsp3) is 0.412. The maximum absolute atomic E-state index is 10.3. The zero-order chi connectivity index (χ0) is 19.1. The van der Waals surface area contributed by atoms with Gasteiger partial charge in [0, 0.05) is 37.2 Å². The molecule has 0 saturated carbocycles. The first kappa shape index (κ1) is 22.3. The van der Waals surface area contributed by atoms with E-state index in [1.807, 2.05) is 26.8 Å². The van der Waals surface area contributed by atoms with Crippen LogP contribution in [0.2, 0.25) is 0 Å². The first-order valence-corrected chi connectivity index (χ1v) is 8.02. The molecule has 3 rings (SSSR count). The molecule has 0 amide bonds. The van der Waals surface area contributed by atoms with E-state index in [1.165, 1.54) is 25.0 Å². The number of carboxylic acids is 1. The minimum atomic E-state index is -1.09. The number of nitrogens with zero attached hydrogens (tertiary/aromatic N) is 2. The molecule has 8 nitrogen and oxygen atoms in total. The van der Waals surface area contributed by atoms with Crippen LogP contribution in [-0.4, -0.2) is 39.4 Å². The topological polar surface area (TPSA) is 118 Å². The molecule has 1 aromatic carbocycles. The number of nitro groups is 1. The van der Waals surface area contributed by atoms with E-state index in [1.54, 1.807) is 6.20 Å². The SMILES string of the molecule is C1CCOC1.CC.Cc1ccn[nH]1.O=C(O)c1ccc([N+](=O)[O-])cc1. The third-order valence-corrected chi connectivity index (χ3v) is 2.79. The van der Waals surface area contributed by atoms with Crippen molar-refractivity contribution in [2.45, 2.75) is 33.6 Å². The van der Waals surface area contributed by atoms with Crippen LogP contribution in [0.5, 0.6) is 0 Å². The van der Waals surface area contributed by atoms with Crippen LogP contribution in [0.25, 0.3) is 0 Å². The normalized spacial score (nSPS) is 11.6. The largest absolute Gasteiger partial charge is 0.478 e. The molecule has 1 aliphatic heterocycles. The summed E-state index contributed by atoms with van der Waals surface area (Å²) in [7, 11) is 0. The number of hydrogen-bond donors (Lipinski definition) is 2. The number of aromatic carboxylic acids is 1. The molecular formula is C17H25N3O5. The van der Waals surface area contributed by atoms with Gasteiger partial charge in [0.2, 0.25) is 0 Å². The van der Waals surface area contributed by atoms with Crippen molar-refractivity contribution in [2.75, 3.05) is 13.2 Å². The molecule has 25 heavy (non-hydrogen) atoms. The van der Waals surface area contributed by atoms with Crippen LogP contribution >= 0.6 is 0 Å². The fourth-order valence-corrected chi connectivity index (χ4v) is 1.56. The molecule has 2 N–H and O–H groups in total. The second-order valence-corrected chi connectivity index (χ2v) is 4.67. The van der Waals surface area contributed by atoms with Gasteiger partial charge in [0.25, 0.3) is 5.69 Å². The average molecular weight is 351 g/mol. The quantitative estimate of drug-likeness (QED) is 0.627. The van der Waals surface area contributed by atoms with Crippen molar-refractivity contribution in [3.8, 4) is 0 Å². The molecule has 0 spiro atoms. The third kappa shape index (κ3) is 10.6. The first-order valence-electron chi connectivity index (χ1n) is 8.02. The standard InChI is InChI=1S/C7H5NO4.C4H6N2.C4H8O.C2H6/c9-7(10)5-1-3-6(4-2-5)8(11)12;1-4-2-3-5-6-4;1-2-4-5-3-1;1-2/h1-4H,(H,9,10);2-3H,1H3,(H,5,6);1-4H2;1-2H3. The number of aromatic nitrogens is 2. The maximum atomic E-state index is 10.3. The van der Waals surface area contributed by atoms with Crippen LogP contribution in [-0.2, 0) is 4.74 Å². The van der Waals surface area contributed by atoms with E-state index in [9.17, 15) is 14.9 Å². The summed E-state index contributed by atoms with van der Waals surface area (Å²) in [4.78, 5) is 19.9. The Labute approximate surface area is 147 Å². The molecule has 1 aromatic heterocycles. The molecule has 2 heterocycles. The molecule has 1 saturated heterocycles. The van der Waals surface area contributed by atoms with Gasteiger partial charge >= 0.3 is 5.97 Å². The highest BCUT2D eigenvalue weighted by Crippen LogP contribution is 2.11. The molecule has 1 fully saturated rings. The number of aryl methyl sites for hydroxylation is 1. The van der Waals surface area contributed by atoms with Crippen LogP contribution in [0, 0.1) is 17.0 Å². The second-order valence-electron chi connectivity index (χ2n) is 4.67. The van der Waals surface area contributed by atoms with Gasteiger partial charge in [-0.15, -0.1) is 0 Å². The zero-order valence-corrected chi connectivity index (χ0v) is 14.8. The second kappa shape index (κ2) is 13.7. The van der Waals surface area contributed by atoms with Crippen molar-refractivity contribution in [1.82, 2.24) is 10.2 Å². The summed E-state index contributed by atoms with van der Waals surface area (Å²) in [6.45, 7) is 7.97. The van der Waals surface area contributed by atoms with Gasteiger partial charge in [0.1, 0.15) is 0 Å². The predicted molar refractivity (Wildman–Crippen MR) is 94.8 cm³/mol. The van der Waals surface area contributed by atoms with Crippen molar-refractivity contribution < 1.29 is 19.6 Å². The summed E-state index contributed by atoms with van der Waals surface area (Å²) in [5, 5.41) is 25.0. The van der Waals surface area contributed by atoms with Gasteiger partial charge in [0.15, 0.2) is 0 Å². The number of non-ortho nitro benzene ring substituents is 1. The number of nitrogens with one attached hydrogen (secondary N) is 1. The lowest BCUT2D eigenvalue weighted by atomic mass is 10.2. The molecule has 138 valence electrons. The Balaban J connectivity index is 0.000000368. The average Bonchev–Trinajstić information content (AvgIpc) is 3.33. The lowest BCUT2D eigenvalue weighted by Gasteiger charge is -1.92. The van der Waals surface area contributed by atoms with Crippen LogP contribution in [0.4, 0.5) is 5.69 Å². The summed E-state index contributed by atoms with van der Waals surface area (Å²) in [6, 6.07) is 6.62. The van der Waals surface area contributed by atoms with Crippen molar-refractivity contribution in [3.05, 3.63) is 57.9 Å². The Kier molecular flexibility index (Phi) is 12.2. The van der Waals surface area contributed by atoms with Crippen molar-refractivity contribution >= 4 is 11.7 Å². The van der Waals surface area contributed by atoms with Gasteiger partial charge in [0.05, 0.1) is 10.5 Å². The monoisotopic (exact) mass is 351 g/mol. The summed E-state index contributed by atoms with van der Waals surface area (Å²) < 4.78 is 4.94. The van der Waals surface area contributed by atoms with Gasteiger partial charge in [-0.3, -0.25) is 15.2 Å². The molecule has 0 atom stereocenters. The number of carboxylic acid groups (broad SMARTS) is 1. The van der Waals surface area contributed by atoms with Gasteiger partial charge in [-0.1, -0.05) is 13.8 Å². The van der Waals surface area contributed by atoms with E-state index in [-0.39, 0.29) is 11.3 Å². The molecule has 0 radical (unpaired) electrons. The van der Waals surface area contributed by atoms with Gasteiger partial charge < -0.3 is 9.84 Å². The Morgan fingerprint density at radius 3 is 2.00 bits per heavy atom. The fourth-order valence-electron chi connectivity index (χ4n) is 1.56. The Morgan fingerprint density at radius 2 is 1.76 bits per heavy atom. The summed E-state index contributed by atoms with van der Waals surface area (Å²) in [5.74, 6) is -1.09. The predicted octanol–water partition coefficient (Wildman–Crippen LogP) is 3.83. The van der Waals surface area contributed by atoms with Gasteiger partial charge in [-0.2, -0.15) is 5.10 Å². The maximum Gasteiger partial charge on any atom is 0.335 e.